The maximum absolute atomic E-state index is 6.09. The summed E-state index contributed by atoms with van der Waals surface area (Å²) in [4.78, 5) is 4.66. The van der Waals surface area contributed by atoms with Crippen molar-refractivity contribution in [2.24, 2.45) is 0 Å². The van der Waals surface area contributed by atoms with Gasteiger partial charge < -0.3 is 9.15 Å². The molecule has 30 heavy (non-hydrogen) atoms. The number of nitrogens with zero attached hydrogens (tertiary/aromatic N) is 2. The summed E-state index contributed by atoms with van der Waals surface area (Å²) in [7, 11) is 0. The summed E-state index contributed by atoms with van der Waals surface area (Å²) in [5, 5.41) is 2.29. The third-order valence-electron chi connectivity index (χ3n) is 5.93. The number of hydrogen-bond donors (Lipinski definition) is 0. The number of furan rings is 1. The molecule has 1 aliphatic heterocycles. The highest BCUT2D eigenvalue weighted by Gasteiger charge is 2.22. The van der Waals surface area contributed by atoms with E-state index >= 15 is 0 Å². The Morgan fingerprint density at radius 3 is 2.67 bits per heavy atom. The average molecular weight is 388 g/mol. The van der Waals surface area contributed by atoms with Gasteiger partial charge in [-0.15, -0.1) is 0 Å². The van der Waals surface area contributed by atoms with E-state index in [-0.39, 0.29) is 0 Å². The van der Waals surface area contributed by atoms with Gasteiger partial charge >= 0.3 is 6.01 Å². The van der Waals surface area contributed by atoms with E-state index in [1.54, 1.807) is 0 Å². The monoisotopic (exact) mass is 388 g/mol. The summed E-state index contributed by atoms with van der Waals surface area (Å²) in [6, 6.07) is 29.8. The first-order chi connectivity index (χ1) is 14.9. The third kappa shape index (κ3) is 2.08. The molecule has 0 aliphatic carbocycles. The standard InChI is InChI=1S/C26H16N2O2/c1-4-10-23-19(6-1)25-18(7-5-11-24(25)30-23)16-12-13-17-15-29-26-27-20-8-2-3-9-21(20)28(26)22(17)14-16/h1-14H,15H2. The zero-order chi connectivity index (χ0) is 19.7. The molecule has 4 nitrogen and oxygen atoms in total. The van der Waals surface area contributed by atoms with Gasteiger partial charge in [0, 0.05) is 16.3 Å². The molecule has 0 atom stereocenters. The van der Waals surface area contributed by atoms with Crippen LogP contribution in [0.15, 0.2) is 89.3 Å². The van der Waals surface area contributed by atoms with Crippen molar-refractivity contribution in [1.29, 1.82) is 0 Å². The number of imidazole rings is 1. The Bertz CT molecular complexity index is 1610. The Morgan fingerprint density at radius 1 is 0.800 bits per heavy atom. The molecule has 4 aromatic carbocycles. The fourth-order valence-electron chi connectivity index (χ4n) is 4.55. The van der Waals surface area contributed by atoms with Crippen molar-refractivity contribution >= 4 is 33.0 Å². The first kappa shape index (κ1) is 15.8. The lowest BCUT2D eigenvalue weighted by atomic mass is 9.97. The molecule has 0 saturated heterocycles. The lowest BCUT2D eigenvalue weighted by Gasteiger charge is -2.20. The fraction of sp³-hybridized carbons (Fsp3) is 0.0385. The van der Waals surface area contributed by atoms with Crippen LogP contribution in [0.5, 0.6) is 6.01 Å². The van der Waals surface area contributed by atoms with E-state index in [1.165, 1.54) is 0 Å². The van der Waals surface area contributed by atoms with Crippen LogP contribution in [0.4, 0.5) is 0 Å². The van der Waals surface area contributed by atoms with Gasteiger partial charge in [0.15, 0.2) is 0 Å². The Balaban J connectivity index is 1.52. The summed E-state index contributed by atoms with van der Waals surface area (Å²) in [6.45, 7) is 0.526. The molecule has 0 amide bonds. The van der Waals surface area contributed by atoms with Gasteiger partial charge in [-0.25, -0.2) is 0 Å². The van der Waals surface area contributed by atoms with E-state index in [0.717, 1.165) is 55.3 Å². The summed E-state index contributed by atoms with van der Waals surface area (Å²) >= 11 is 0. The second-order valence-corrected chi connectivity index (χ2v) is 7.63. The second-order valence-electron chi connectivity index (χ2n) is 7.63. The lowest BCUT2D eigenvalue weighted by molar-refractivity contribution is 0.266. The Hall–Kier alpha value is -4.05. The Kier molecular flexibility index (Phi) is 3.03. The van der Waals surface area contributed by atoms with Crippen LogP contribution in [0.25, 0.3) is 49.8 Å². The highest BCUT2D eigenvalue weighted by molar-refractivity contribution is 6.12. The van der Waals surface area contributed by atoms with E-state index < -0.39 is 0 Å². The first-order valence-corrected chi connectivity index (χ1v) is 10.0. The van der Waals surface area contributed by atoms with Crippen LogP contribution >= 0.6 is 0 Å². The van der Waals surface area contributed by atoms with Crippen molar-refractivity contribution in [2.45, 2.75) is 6.61 Å². The summed E-state index contributed by atoms with van der Waals surface area (Å²) in [5.41, 5.74) is 8.39. The van der Waals surface area contributed by atoms with Crippen LogP contribution in [-0.2, 0) is 6.61 Å². The molecule has 6 aromatic rings. The molecule has 0 N–H and O–H groups in total. The van der Waals surface area contributed by atoms with E-state index in [9.17, 15) is 0 Å². The van der Waals surface area contributed by atoms with Crippen molar-refractivity contribution in [2.75, 3.05) is 0 Å². The van der Waals surface area contributed by atoms with Crippen LogP contribution in [0.2, 0.25) is 0 Å². The van der Waals surface area contributed by atoms with Gasteiger partial charge in [0.25, 0.3) is 0 Å². The normalized spacial score (nSPS) is 12.8. The highest BCUT2D eigenvalue weighted by atomic mass is 16.5. The van der Waals surface area contributed by atoms with Crippen LogP contribution in [0.1, 0.15) is 5.56 Å². The molecule has 0 unspecified atom stereocenters. The van der Waals surface area contributed by atoms with Crippen LogP contribution in [-0.4, -0.2) is 9.55 Å². The predicted octanol–water partition coefficient (Wildman–Crippen LogP) is 6.48. The molecule has 7 rings (SSSR count). The smallest absolute Gasteiger partial charge is 0.302 e. The van der Waals surface area contributed by atoms with Crippen LogP contribution in [0.3, 0.4) is 0 Å². The number of aromatic nitrogens is 2. The van der Waals surface area contributed by atoms with E-state index in [0.29, 0.717) is 12.6 Å². The number of benzene rings is 4. The molecule has 3 heterocycles. The van der Waals surface area contributed by atoms with Gasteiger partial charge in [0.05, 0.1) is 16.7 Å². The Labute approximate surface area is 171 Å². The zero-order valence-electron chi connectivity index (χ0n) is 16.0. The van der Waals surface area contributed by atoms with E-state index in [4.69, 9.17) is 9.15 Å². The van der Waals surface area contributed by atoms with Crippen molar-refractivity contribution in [3.8, 4) is 22.8 Å². The quantitative estimate of drug-likeness (QED) is 0.323. The van der Waals surface area contributed by atoms with Crippen LogP contribution < -0.4 is 4.74 Å². The van der Waals surface area contributed by atoms with Gasteiger partial charge in [0.2, 0.25) is 0 Å². The summed E-state index contributed by atoms with van der Waals surface area (Å²) < 4.78 is 14.1. The molecular weight excluding hydrogens is 372 g/mol. The minimum atomic E-state index is 0.526. The number of hydrogen-bond acceptors (Lipinski definition) is 3. The molecular formula is C26H16N2O2. The van der Waals surface area contributed by atoms with Gasteiger partial charge in [-0.05, 0) is 41.5 Å². The van der Waals surface area contributed by atoms with Crippen LogP contribution in [0, 0.1) is 0 Å². The molecule has 4 heteroatoms. The van der Waals surface area contributed by atoms with Gasteiger partial charge in [-0.1, -0.05) is 54.6 Å². The lowest BCUT2D eigenvalue weighted by Crippen LogP contribution is -2.12. The van der Waals surface area contributed by atoms with Gasteiger partial charge in [-0.2, -0.15) is 4.98 Å². The molecule has 0 saturated carbocycles. The van der Waals surface area contributed by atoms with Crippen molar-refractivity contribution < 1.29 is 9.15 Å². The maximum atomic E-state index is 6.09. The Morgan fingerprint density at radius 2 is 1.67 bits per heavy atom. The molecule has 0 radical (unpaired) electrons. The first-order valence-electron chi connectivity index (χ1n) is 10.0. The largest absolute Gasteiger partial charge is 0.459 e. The van der Waals surface area contributed by atoms with E-state index in [1.807, 2.05) is 36.4 Å². The zero-order valence-corrected chi connectivity index (χ0v) is 16.0. The minimum absolute atomic E-state index is 0.526. The summed E-state index contributed by atoms with van der Waals surface area (Å²) in [5.74, 6) is 0. The third-order valence-corrected chi connectivity index (χ3v) is 5.93. The SMILES string of the molecule is c1ccc2c(c1)nc1n2-c2cc(-c3cccc4oc5ccccc5c34)ccc2CO1. The number of fused-ring (bicyclic) bond motifs is 8. The predicted molar refractivity (Wildman–Crippen MR) is 118 cm³/mol. The number of rotatable bonds is 1. The second kappa shape index (κ2) is 5.74. The molecule has 0 fully saturated rings. The maximum Gasteiger partial charge on any atom is 0.302 e. The topological polar surface area (TPSA) is 40.2 Å². The minimum Gasteiger partial charge on any atom is -0.459 e. The van der Waals surface area contributed by atoms with E-state index in [2.05, 4.69) is 58.1 Å². The van der Waals surface area contributed by atoms with Crippen molar-refractivity contribution in [3.63, 3.8) is 0 Å². The van der Waals surface area contributed by atoms with Gasteiger partial charge in [0.1, 0.15) is 17.8 Å². The van der Waals surface area contributed by atoms with Crippen molar-refractivity contribution in [3.05, 3.63) is 90.5 Å². The molecule has 1 aliphatic rings. The average Bonchev–Trinajstić information content (AvgIpc) is 3.37. The fourth-order valence-corrected chi connectivity index (χ4v) is 4.55. The number of para-hydroxylation sites is 3. The molecule has 0 bridgehead atoms. The molecule has 142 valence electrons. The van der Waals surface area contributed by atoms with Gasteiger partial charge in [-0.3, -0.25) is 4.57 Å². The molecule has 2 aromatic heterocycles. The number of ether oxygens (including phenoxy) is 1. The molecule has 0 spiro atoms. The summed E-state index contributed by atoms with van der Waals surface area (Å²) in [6.07, 6.45) is 0. The highest BCUT2D eigenvalue weighted by Crippen LogP contribution is 2.39. The van der Waals surface area contributed by atoms with Crippen molar-refractivity contribution in [1.82, 2.24) is 9.55 Å².